The molecule has 20 heavy (non-hydrogen) atoms. The van der Waals surface area contributed by atoms with Crippen molar-refractivity contribution < 1.29 is 14.5 Å². The molecule has 0 N–H and O–H groups in total. The van der Waals surface area contributed by atoms with Gasteiger partial charge in [0, 0.05) is 26.3 Å². The van der Waals surface area contributed by atoms with Gasteiger partial charge in [0.2, 0.25) is 0 Å². The van der Waals surface area contributed by atoms with Gasteiger partial charge >= 0.3 is 0 Å². The summed E-state index contributed by atoms with van der Waals surface area (Å²) in [5, 5.41) is 10.7. The molecule has 1 heterocycles. The molecule has 1 unspecified atom stereocenters. The van der Waals surface area contributed by atoms with E-state index >= 15 is 0 Å². The van der Waals surface area contributed by atoms with E-state index in [-0.39, 0.29) is 28.3 Å². The highest BCUT2D eigenvalue weighted by atomic mass is 35.5. The average molecular weight is 299 g/mol. The van der Waals surface area contributed by atoms with E-state index in [0.29, 0.717) is 13.2 Å². The van der Waals surface area contributed by atoms with E-state index in [1.807, 2.05) is 0 Å². The zero-order chi connectivity index (χ0) is 14.7. The van der Waals surface area contributed by atoms with Crippen LogP contribution in [-0.2, 0) is 4.74 Å². The van der Waals surface area contributed by atoms with Crippen LogP contribution in [0.4, 0.5) is 5.69 Å². The van der Waals surface area contributed by atoms with Crippen LogP contribution in [0.3, 0.4) is 0 Å². The van der Waals surface area contributed by atoms with Gasteiger partial charge in [-0.25, -0.2) is 0 Å². The molecule has 6 nitrogen and oxygen atoms in total. The Bertz CT molecular complexity index is 529. The molecule has 2 rings (SSSR count). The first kappa shape index (κ1) is 14.7. The SMILES string of the molecule is CN(CC1CCCO1)C(=O)c1cccc([N+](=O)[O-])c1Cl. The minimum absolute atomic E-state index is 0.0291. The Hall–Kier alpha value is -1.66. The molecule has 1 aromatic carbocycles. The van der Waals surface area contributed by atoms with E-state index in [1.54, 1.807) is 7.05 Å². The number of ether oxygens (including phenoxy) is 1. The van der Waals surface area contributed by atoms with Crippen LogP contribution in [0.2, 0.25) is 5.02 Å². The summed E-state index contributed by atoms with van der Waals surface area (Å²) in [6.45, 7) is 1.17. The van der Waals surface area contributed by atoms with E-state index in [4.69, 9.17) is 16.3 Å². The molecule has 0 spiro atoms. The number of rotatable bonds is 4. The molecule has 1 aliphatic rings. The minimum Gasteiger partial charge on any atom is -0.376 e. The van der Waals surface area contributed by atoms with Gasteiger partial charge in [-0.05, 0) is 18.9 Å². The van der Waals surface area contributed by atoms with E-state index in [9.17, 15) is 14.9 Å². The predicted molar refractivity (Wildman–Crippen MR) is 74.0 cm³/mol. The van der Waals surface area contributed by atoms with Crippen LogP contribution in [0.5, 0.6) is 0 Å². The van der Waals surface area contributed by atoms with Crippen molar-refractivity contribution in [1.82, 2.24) is 4.90 Å². The van der Waals surface area contributed by atoms with Gasteiger partial charge in [-0.1, -0.05) is 17.7 Å². The van der Waals surface area contributed by atoms with Crippen LogP contribution in [-0.4, -0.2) is 42.0 Å². The summed E-state index contributed by atoms with van der Waals surface area (Å²) in [5.41, 5.74) is -0.121. The number of carbonyl (C=O) groups excluding carboxylic acids is 1. The Labute approximate surface area is 121 Å². The Morgan fingerprint density at radius 2 is 2.35 bits per heavy atom. The lowest BCUT2D eigenvalue weighted by atomic mass is 10.1. The van der Waals surface area contributed by atoms with Crippen molar-refractivity contribution in [3.05, 3.63) is 38.9 Å². The highest BCUT2D eigenvalue weighted by molar-refractivity contribution is 6.35. The van der Waals surface area contributed by atoms with Crippen LogP contribution >= 0.6 is 11.6 Å². The molecule has 0 aliphatic carbocycles. The van der Waals surface area contributed by atoms with Crippen molar-refractivity contribution in [1.29, 1.82) is 0 Å². The summed E-state index contributed by atoms with van der Waals surface area (Å²) in [5.74, 6) is -0.339. The molecule has 1 amide bonds. The Morgan fingerprint density at radius 1 is 1.60 bits per heavy atom. The van der Waals surface area contributed by atoms with Crippen molar-refractivity contribution in [3.63, 3.8) is 0 Å². The molecule has 0 aromatic heterocycles. The van der Waals surface area contributed by atoms with Gasteiger partial charge in [-0.3, -0.25) is 14.9 Å². The molecule has 108 valence electrons. The smallest absolute Gasteiger partial charge is 0.288 e. The number of carbonyl (C=O) groups is 1. The van der Waals surface area contributed by atoms with E-state index in [1.165, 1.54) is 23.1 Å². The fourth-order valence-corrected chi connectivity index (χ4v) is 2.48. The summed E-state index contributed by atoms with van der Waals surface area (Å²) in [6.07, 6.45) is 1.94. The molecule has 1 aromatic rings. The third kappa shape index (κ3) is 3.08. The second kappa shape index (κ2) is 6.19. The molecule has 1 saturated heterocycles. The first-order valence-corrected chi connectivity index (χ1v) is 6.68. The second-order valence-corrected chi connectivity index (χ2v) is 5.09. The monoisotopic (exact) mass is 298 g/mol. The number of nitro benzene ring substituents is 1. The molecule has 7 heteroatoms. The van der Waals surface area contributed by atoms with Crippen LogP contribution in [0.25, 0.3) is 0 Å². The van der Waals surface area contributed by atoms with Gasteiger partial charge in [-0.2, -0.15) is 0 Å². The first-order valence-electron chi connectivity index (χ1n) is 6.30. The maximum Gasteiger partial charge on any atom is 0.288 e. The van der Waals surface area contributed by atoms with Gasteiger partial charge < -0.3 is 9.64 Å². The van der Waals surface area contributed by atoms with E-state index in [0.717, 1.165) is 12.8 Å². The number of nitro groups is 1. The number of hydrogen-bond acceptors (Lipinski definition) is 4. The van der Waals surface area contributed by atoms with Gasteiger partial charge in [-0.15, -0.1) is 0 Å². The van der Waals surface area contributed by atoms with Crippen LogP contribution in [0.15, 0.2) is 18.2 Å². The zero-order valence-corrected chi connectivity index (χ0v) is 11.8. The third-order valence-electron chi connectivity index (χ3n) is 3.25. The highest BCUT2D eigenvalue weighted by Gasteiger charge is 2.25. The molecular weight excluding hydrogens is 284 g/mol. The lowest BCUT2D eigenvalue weighted by Gasteiger charge is -2.21. The summed E-state index contributed by atoms with van der Waals surface area (Å²) in [4.78, 5) is 24.0. The largest absolute Gasteiger partial charge is 0.376 e. The average Bonchev–Trinajstić information content (AvgIpc) is 2.90. The van der Waals surface area contributed by atoms with Crippen molar-refractivity contribution in [3.8, 4) is 0 Å². The summed E-state index contributed by atoms with van der Waals surface area (Å²) < 4.78 is 5.47. The van der Waals surface area contributed by atoms with Crippen LogP contribution < -0.4 is 0 Å². The Kier molecular flexibility index (Phi) is 4.57. The molecule has 0 saturated carbocycles. The van der Waals surface area contributed by atoms with Crippen molar-refractivity contribution in [2.45, 2.75) is 18.9 Å². The number of amides is 1. The summed E-state index contributed by atoms with van der Waals surface area (Å²) in [6, 6.07) is 4.22. The topological polar surface area (TPSA) is 72.7 Å². The fourth-order valence-electron chi connectivity index (χ4n) is 2.21. The molecule has 1 aliphatic heterocycles. The fraction of sp³-hybridized carbons (Fsp3) is 0.462. The predicted octanol–water partition coefficient (Wildman–Crippen LogP) is 2.50. The van der Waals surface area contributed by atoms with Gasteiger partial charge in [0.15, 0.2) is 0 Å². The summed E-state index contributed by atoms with van der Waals surface area (Å²) in [7, 11) is 1.64. The number of hydrogen-bond donors (Lipinski definition) is 0. The van der Waals surface area contributed by atoms with Crippen LogP contribution in [0.1, 0.15) is 23.2 Å². The maximum absolute atomic E-state index is 12.3. The number of nitrogens with zero attached hydrogens (tertiary/aromatic N) is 2. The van der Waals surface area contributed by atoms with Crippen molar-refractivity contribution >= 4 is 23.2 Å². The van der Waals surface area contributed by atoms with Crippen molar-refractivity contribution in [2.75, 3.05) is 20.2 Å². The second-order valence-electron chi connectivity index (χ2n) is 4.72. The first-order chi connectivity index (χ1) is 9.50. The number of benzene rings is 1. The minimum atomic E-state index is -0.598. The van der Waals surface area contributed by atoms with Gasteiger partial charge in [0.25, 0.3) is 11.6 Å². The highest BCUT2D eigenvalue weighted by Crippen LogP contribution is 2.28. The maximum atomic E-state index is 12.3. The molecule has 0 radical (unpaired) electrons. The molecule has 1 atom stereocenters. The van der Waals surface area contributed by atoms with Gasteiger partial charge in [0.05, 0.1) is 16.6 Å². The third-order valence-corrected chi connectivity index (χ3v) is 3.65. The summed E-state index contributed by atoms with van der Waals surface area (Å²) >= 11 is 5.94. The molecular formula is C13H15ClN2O4. The van der Waals surface area contributed by atoms with Crippen LogP contribution in [0, 0.1) is 10.1 Å². The molecule has 1 fully saturated rings. The lowest BCUT2D eigenvalue weighted by molar-refractivity contribution is -0.384. The van der Waals surface area contributed by atoms with E-state index < -0.39 is 4.92 Å². The Morgan fingerprint density at radius 3 is 2.95 bits per heavy atom. The van der Waals surface area contributed by atoms with Crippen molar-refractivity contribution in [2.24, 2.45) is 0 Å². The zero-order valence-electron chi connectivity index (χ0n) is 11.0. The standard InChI is InChI=1S/C13H15ClN2O4/c1-15(8-9-4-3-7-20-9)13(17)10-5-2-6-11(12(10)14)16(18)19/h2,5-6,9H,3-4,7-8H2,1H3. The van der Waals surface area contributed by atoms with E-state index in [2.05, 4.69) is 0 Å². The quantitative estimate of drug-likeness (QED) is 0.632. The normalized spacial score (nSPS) is 18.0. The number of likely N-dealkylation sites (N-methyl/N-ethyl adjacent to an activating group) is 1. The number of halogens is 1. The lowest BCUT2D eigenvalue weighted by Crippen LogP contribution is -2.34. The van der Waals surface area contributed by atoms with Gasteiger partial charge in [0.1, 0.15) is 5.02 Å². The Balaban J connectivity index is 2.15. The molecule has 0 bridgehead atoms.